The van der Waals surface area contributed by atoms with Gasteiger partial charge in [-0.25, -0.2) is 4.79 Å². The van der Waals surface area contributed by atoms with Crippen molar-refractivity contribution in [2.24, 2.45) is 0 Å². The first-order chi connectivity index (χ1) is 7.63. The van der Waals surface area contributed by atoms with Crippen LogP contribution in [-0.4, -0.2) is 34.0 Å². The van der Waals surface area contributed by atoms with E-state index in [1.165, 1.54) is 16.8 Å². The summed E-state index contributed by atoms with van der Waals surface area (Å²) in [4.78, 5) is 14.8. The maximum atomic E-state index is 11.3. The molecule has 1 atom stereocenters. The smallest absolute Gasteiger partial charge is 0.349 e. The molecule has 1 aromatic rings. The Morgan fingerprint density at radius 3 is 3.12 bits per heavy atom. The summed E-state index contributed by atoms with van der Waals surface area (Å²) < 4.78 is 6.33. The number of nitrogen functional groups attached to an aromatic ring is 1. The third-order valence-electron chi connectivity index (χ3n) is 1.85. The fourth-order valence-electron chi connectivity index (χ4n) is 1.15. The first-order valence-electron chi connectivity index (χ1n) is 4.83. The van der Waals surface area contributed by atoms with Crippen LogP contribution < -0.4 is 11.4 Å². The van der Waals surface area contributed by atoms with Gasteiger partial charge in [0, 0.05) is 6.20 Å². The summed E-state index contributed by atoms with van der Waals surface area (Å²) in [5, 5.41) is 9.54. The predicted molar refractivity (Wildman–Crippen MR) is 59.9 cm³/mol. The average Bonchev–Trinajstić information content (AvgIpc) is 2.23. The fraction of sp³-hybridized carbons (Fsp3) is 0.400. The first kappa shape index (κ1) is 12.4. The SMILES string of the molecule is C=CCOC[C@@H](O)Cn1ccc(N)nc1=O. The van der Waals surface area contributed by atoms with Crippen LogP contribution in [0.15, 0.2) is 29.7 Å². The Labute approximate surface area is 93.0 Å². The molecule has 6 heteroatoms. The van der Waals surface area contributed by atoms with Crippen LogP contribution in [0.1, 0.15) is 0 Å². The molecule has 0 unspecified atom stereocenters. The number of rotatable bonds is 6. The minimum Gasteiger partial charge on any atom is -0.389 e. The van der Waals surface area contributed by atoms with Crippen molar-refractivity contribution in [3.63, 3.8) is 0 Å². The van der Waals surface area contributed by atoms with E-state index in [0.717, 1.165) is 0 Å². The number of aliphatic hydroxyl groups is 1. The number of hydrogen-bond acceptors (Lipinski definition) is 5. The van der Waals surface area contributed by atoms with E-state index < -0.39 is 11.8 Å². The highest BCUT2D eigenvalue weighted by Crippen LogP contribution is 1.93. The zero-order valence-corrected chi connectivity index (χ0v) is 8.87. The third-order valence-corrected chi connectivity index (χ3v) is 1.85. The molecule has 6 nitrogen and oxygen atoms in total. The summed E-state index contributed by atoms with van der Waals surface area (Å²) in [7, 11) is 0. The van der Waals surface area contributed by atoms with Crippen LogP contribution >= 0.6 is 0 Å². The Hall–Kier alpha value is -1.66. The van der Waals surface area contributed by atoms with E-state index in [1.807, 2.05) is 0 Å². The highest BCUT2D eigenvalue weighted by Gasteiger charge is 2.06. The maximum Gasteiger partial charge on any atom is 0.349 e. The summed E-state index contributed by atoms with van der Waals surface area (Å²) >= 11 is 0. The minimum absolute atomic E-state index is 0.128. The number of aliphatic hydroxyl groups excluding tert-OH is 1. The number of anilines is 1. The second kappa shape index (κ2) is 6.04. The van der Waals surface area contributed by atoms with Crippen LogP contribution in [0.3, 0.4) is 0 Å². The van der Waals surface area contributed by atoms with Crippen molar-refractivity contribution in [1.82, 2.24) is 9.55 Å². The molecule has 0 aliphatic rings. The Bertz CT molecular complexity index is 403. The lowest BCUT2D eigenvalue weighted by molar-refractivity contribution is 0.0389. The van der Waals surface area contributed by atoms with Crippen molar-refractivity contribution in [1.29, 1.82) is 0 Å². The second-order valence-electron chi connectivity index (χ2n) is 3.27. The summed E-state index contributed by atoms with van der Waals surface area (Å²) in [6.45, 7) is 4.12. The molecule has 0 radical (unpaired) electrons. The Morgan fingerprint density at radius 1 is 1.75 bits per heavy atom. The van der Waals surface area contributed by atoms with Gasteiger partial charge < -0.3 is 15.6 Å². The second-order valence-corrected chi connectivity index (χ2v) is 3.27. The summed E-state index contributed by atoms with van der Waals surface area (Å²) in [5.41, 5.74) is 4.85. The standard InChI is InChI=1S/C10H15N3O3/c1-2-5-16-7-8(14)6-13-4-3-9(11)12-10(13)15/h2-4,8,14H,1,5-7H2,(H2,11,12,15)/t8-/m0/s1. The number of hydrogen-bond donors (Lipinski definition) is 2. The molecule has 0 aromatic carbocycles. The van der Waals surface area contributed by atoms with E-state index in [4.69, 9.17) is 10.5 Å². The molecule has 0 aliphatic carbocycles. The molecule has 0 spiro atoms. The highest BCUT2D eigenvalue weighted by atomic mass is 16.5. The summed E-state index contributed by atoms with van der Waals surface area (Å²) in [6.07, 6.45) is 2.31. The molecule has 1 rings (SSSR count). The minimum atomic E-state index is -0.761. The lowest BCUT2D eigenvalue weighted by atomic mass is 10.3. The van der Waals surface area contributed by atoms with Crippen molar-refractivity contribution in [3.05, 3.63) is 35.4 Å². The molecule has 0 saturated heterocycles. The van der Waals surface area contributed by atoms with Crippen LogP contribution in [0.5, 0.6) is 0 Å². The van der Waals surface area contributed by atoms with Crippen molar-refractivity contribution in [2.75, 3.05) is 18.9 Å². The molecule has 0 bridgehead atoms. The predicted octanol–water partition coefficient (Wildman–Crippen LogP) is -0.611. The maximum absolute atomic E-state index is 11.3. The van der Waals surface area contributed by atoms with E-state index in [9.17, 15) is 9.90 Å². The number of aromatic nitrogens is 2. The summed E-state index contributed by atoms with van der Waals surface area (Å²) in [5.74, 6) is 0.165. The van der Waals surface area contributed by atoms with Gasteiger partial charge in [-0.05, 0) is 6.07 Å². The molecule has 0 fully saturated rings. The Kier molecular flexibility index (Phi) is 4.68. The number of nitrogens with zero attached hydrogens (tertiary/aromatic N) is 2. The molecule has 0 saturated carbocycles. The van der Waals surface area contributed by atoms with Gasteiger partial charge in [-0.2, -0.15) is 4.98 Å². The van der Waals surface area contributed by atoms with Gasteiger partial charge in [0.15, 0.2) is 0 Å². The van der Waals surface area contributed by atoms with Crippen molar-refractivity contribution in [3.8, 4) is 0 Å². The van der Waals surface area contributed by atoms with Gasteiger partial charge in [-0.15, -0.1) is 6.58 Å². The van der Waals surface area contributed by atoms with E-state index in [-0.39, 0.29) is 19.0 Å². The number of ether oxygens (including phenoxy) is 1. The average molecular weight is 225 g/mol. The third kappa shape index (κ3) is 3.84. The lowest BCUT2D eigenvalue weighted by Crippen LogP contribution is -2.30. The molecule has 0 amide bonds. The van der Waals surface area contributed by atoms with E-state index in [2.05, 4.69) is 11.6 Å². The topological polar surface area (TPSA) is 90.4 Å². The van der Waals surface area contributed by atoms with Crippen molar-refractivity contribution < 1.29 is 9.84 Å². The van der Waals surface area contributed by atoms with Gasteiger partial charge in [-0.3, -0.25) is 4.57 Å². The van der Waals surface area contributed by atoms with Gasteiger partial charge in [0.05, 0.1) is 25.9 Å². The number of nitrogens with two attached hydrogens (primary N) is 1. The zero-order valence-electron chi connectivity index (χ0n) is 8.87. The van der Waals surface area contributed by atoms with Crippen molar-refractivity contribution >= 4 is 5.82 Å². The fourth-order valence-corrected chi connectivity index (χ4v) is 1.15. The molecular formula is C10H15N3O3. The normalized spacial score (nSPS) is 12.3. The molecular weight excluding hydrogens is 210 g/mol. The molecule has 88 valence electrons. The van der Waals surface area contributed by atoms with E-state index in [0.29, 0.717) is 6.61 Å². The first-order valence-corrected chi connectivity index (χ1v) is 4.83. The summed E-state index contributed by atoms with van der Waals surface area (Å²) in [6, 6.07) is 1.50. The highest BCUT2D eigenvalue weighted by molar-refractivity contribution is 5.23. The van der Waals surface area contributed by atoms with E-state index >= 15 is 0 Å². The van der Waals surface area contributed by atoms with Crippen LogP contribution in [0.2, 0.25) is 0 Å². The quantitative estimate of drug-likeness (QED) is 0.498. The van der Waals surface area contributed by atoms with Crippen molar-refractivity contribution in [2.45, 2.75) is 12.6 Å². The Balaban J connectivity index is 2.52. The molecule has 3 N–H and O–H groups in total. The largest absolute Gasteiger partial charge is 0.389 e. The van der Waals surface area contributed by atoms with Gasteiger partial charge in [0.1, 0.15) is 5.82 Å². The van der Waals surface area contributed by atoms with Gasteiger partial charge in [0.2, 0.25) is 0 Å². The van der Waals surface area contributed by atoms with Gasteiger partial charge in [0.25, 0.3) is 0 Å². The monoisotopic (exact) mass is 225 g/mol. The van der Waals surface area contributed by atoms with Crippen LogP contribution in [0.4, 0.5) is 5.82 Å². The lowest BCUT2D eigenvalue weighted by Gasteiger charge is -2.11. The van der Waals surface area contributed by atoms with Gasteiger partial charge >= 0.3 is 5.69 Å². The molecule has 1 heterocycles. The van der Waals surface area contributed by atoms with Crippen LogP contribution in [-0.2, 0) is 11.3 Å². The molecule has 0 aliphatic heterocycles. The molecule has 1 aromatic heterocycles. The zero-order chi connectivity index (χ0) is 12.0. The van der Waals surface area contributed by atoms with Crippen LogP contribution in [0, 0.1) is 0 Å². The Morgan fingerprint density at radius 2 is 2.50 bits per heavy atom. The van der Waals surface area contributed by atoms with Crippen LogP contribution in [0.25, 0.3) is 0 Å². The van der Waals surface area contributed by atoms with Gasteiger partial charge in [-0.1, -0.05) is 6.08 Å². The molecule has 16 heavy (non-hydrogen) atoms. The van der Waals surface area contributed by atoms with E-state index in [1.54, 1.807) is 6.08 Å².